The lowest BCUT2D eigenvalue weighted by atomic mass is 10.3. The third-order valence-corrected chi connectivity index (χ3v) is 2.74. The SMILES string of the molecule is NCc1cnc(-c2ncccc2F)s1. The van der Waals surface area contributed by atoms with Gasteiger partial charge in [-0.05, 0) is 12.1 Å². The van der Waals surface area contributed by atoms with Gasteiger partial charge in [0.05, 0.1) is 0 Å². The van der Waals surface area contributed by atoms with Gasteiger partial charge in [0.2, 0.25) is 0 Å². The minimum atomic E-state index is -0.356. The Morgan fingerprint density at radius 3 is 2.93 bits per heavy atom. The standard InChI is InChI=1S/C9H8FN3S/c10-7-2-1-3-12-8(7)9-13-5-6(4-11)14-9/h1-3,5H,4,11H2. The first-order valence-corrected chi connectivity index (χ1v) is 4.88. The smallest absolute Gasteiger partial charge is 0.151 e. The van der Waals surface area contributed by atoms with Gasteiger partial charge in [-0.25, -0.2) is 9.37 Å². The second-order valence-electron chi connectivity index (χ2n) is 2.67. The Morgan fingerprint density at radius 2 is 2.29 bits per heavy atom. The van der Waals surface area contributed by atoms with E-state index in [9.17, 15) is 4.39 Å². The predicted octanol–water partition coefficient (Wildman–Crippen LogP) is 1.80. The summed E-state index contributed by atoms with van der Waals surface area (Å²) < 4.78 is 13.3. The van der Waals surface area contributed by atoms with Gasteiger partial charge >= 0.3 is 0 Å². The lowest BCUT2D eigenvalue weighted by Crippen LogP contribution is -1.91. The molecule has 0 amide bonds. The second-order valence-corrected chi connectivity index (χ2v) is 3.78. The van der Waals surface area contributed by atoms with Gasteiger partial charge in [-0.1, -0.05) is 0 Å². The highest BCUT2D eigenvalue weighted by molar-refractivity contribution is 7.14. The van der Waals surface area contributed by atoms with Crippen molar-refractivity contribution >= 4 is 11.3 Å². The Kier molecular flexibility index (Phi) is 2.51. The number of thiazole rings is 1. The highest BCUT2D eigenvalue weighted by Gasteiger charge is 2.09. The van der Waals surface area contributed by atoms with Crippen LogP contribution in [-0.2, 0) is 6.54 Å². The molecule has 0 aliphatic carbocycles. The maximum absolute atomic E-state index is 13.3. The van der Waals surface area contributed by atoms with Gasteiger partial charge in [-0.15, -0.1) is 11.3 Å². The number of pyridine rings is 1. The molecule has 2 aromatic rings. The zero-order valence-electron chi connectivity index (χ0n) is 7.27. The summed E-state index contributed by atoms with van der Waals surface area (Å²) in [5.74, 6) is -0.356. The van der Waals surface area contributed by atoms with Gasteiger partial charge in [0.1, 0.15) is 10.7 Å². The van der Waals surface area contributed by atoms with Gasteiger partial charge in [0.25, 0.3) is 0 Å². The zero-order chi connectivity index (χ0) is 9.97. The van der Waals surface area contributed by atoms with E-state index in [4.69, 9.17) is 5.73 Å². The molecule has 0 fully saturated rings. The van der Waals surface area contributed by atoms with Crippen LogP contribution >= 0.6 is 11.3 Å². The fourth-order valence-corrected chi connectivity index (χ4v) is 1.84. The van der Waals surface area contributed by atoms with E-state index < -0.39 is 0 Å². The topological polar surface area (TPSA) is 51.8 Å². The van der Waals surface area contributed by atoms with Crippen molar-refractivity contribution in [3.63, 3.8) is 0 Å². The van der Waals surface area contributed by atoms with Gasteiger partial charge in [0, 0.05) is 23.8 Å². The van der Waals surface area contributed by atoms with E-state index in [0.29, 0.717) is 11.6 Å². The van der Waals surface area contributed by atoms with Crippen molar-refractivity contribution in [1.29, 1.82) is 0 Å². The third kappa shape index (κ3) is 1.64. The molecule has 3 nitrogen and oxygen atoms in total. The van der Waals surface area contributed by atoms with Crippen LogP contribution in [0.2, 0.25) is 0 Å². The molecule has 0 aromatic carbocycles. The van der Waals surface area contributed by atoms with Gasteiger partial charge < -0.3 is 5.73 Å². The van der Waals surface area contributed by atoms with E-state index in [1.54, 1.807) is 18.5 Å². The molecule has 0 saturated heterocycles. The van der Waals surface area contributed by atoms with Crippen LogP contribution < -0.4 is 5.73 Å². The minimum absolute atomic E-state index is 0.289. The third-order valence-electron chi connectivity index (χ3n) is 1.72. The number of aromatic nitrogens is 2. The molecule has 0 bridgehead atoms. The summed E-state index contributed by atoms with van der Waals surface area (Å²) in [4.78, 5) is 8.90. The summed E-state index contributed by atoms with van der Waals surface area (Å²) in [7, 11) is 0. The molecule has 0 spiro atoms. The molecule has 2 heterocycles. The van der Waals surface area contributed by atoms with E-state index in [1.165, 1.54) is 17.4 Å². The van der Waals surface area contributed by atoms with Crippen LogP contribution in [0, 0.1) is 5.82 Å². The Bertz CT molecular complexity index is 441. The number of nitrogens with two attached hydrogens (primary N) is 1. The normalized spacial score (nSPS) is 10.4. The molecular formula is C9H8FN3S. The number of rotatable bonds is 2. The second kappa shape index (κ2) is 3.81. The van der Waals surface area contributed by atoms with E-state index in [0.717, 1.165) is 4.88 Å². The summed E-state index contributed by atoms with van der Waals surface area (Å²) >= 11 is 1.36. The first-order chi connectivity index (χ1) is 6.81. The fraction of sp³-hybridized carbons (Fsp3) is 0.111. The van der Waals surface area contributed by atoms with Crippen LogP contribution in [0.15, 0.2) is 24.5 Å². The molecule has 0 unspecified atom stereocenters. The van der Waals surface area contributed by atoms with Crippen molar-refractivity contribution in [2.24, 2.45) is 5.73 Å². The number of halogens is 1. The van der Waals surface area contributed by atoms with Crippen LogP contribution in [0.1, 0.15) is 4.88 Å². The van der Waals surface area contributed by atoms with Crippen LogP contribution in [0.4, 0.5) is 4.39 Å². The average Bonchev–Trinajstić information content (AvgIpc) is 2.67. The summed E-state index contributed by atoms with van der Waals surface area (Å²) in [6.07, 6.45) is 3.19. The van der Waals surface area contributed by atoms with Gasteiger partial charge in [-0.2, -0.15) is 0 Å². The largest absolute Gasteiger partial charge is 0.326 e. The number of hydrogen-bond donors (Lipinski definition) is 1. The molecule has 0 atom stereocenters. The molecule has 0 aliphatic heterocycles. The molecule has 5 heteroatoms. The molecule has 72 valence electrons. The Balaban J connectivity index is 2.44. The Hall–Kier alpha value is -1.33. The van der Waals surface area contributed by atoms with Gasteiger partial charge in [0.15, 0.2) is 5.82 Å². The maximum Gasteiger partial charge on any atom is 0.151 e. The van der Waals surface area contributed by atoms with Crippen molar-refractivity contribution in [3.05, 3.63) is 35.2 Å². The van der Waals surface area contributed by atoms with Crippen molar-refractivity contribution in [2.75, 3.05) is 0 Å². The lowest BCUT2D eigenvalue weighted by Gasteiger charge is -1.95. The average molecular weight is 209 g/mol. The van der Waals surface area contributed by atoms with E-state index in [-0.39, 0.29) is 11.5 Å². The Morgan fingerprint density at radius 1 is 1.43 bits per heavy atom. The molecular weight excluding hydrogens is 201 g/mol. The fourth-order valence-electron chi connectivity index (χ4n) is 1.05. The highest BCUT2D eigenvalue weighted by Crippen LogP contribution is 2.24. The van der Waals surface area contributed by atoms with Crippen LogP contribution in [0.3, 0.4) is 0 Å². The molecule has 2 rings (SSSR count). The molecule has 0 radical (unpaired) electrons. The summed E-state index contributed by atoms with van der Waals surface area (Å²) in [6.45, 7) is 0.423. The maximum atomic E-state index is 13.3. The first-order valence-electron chi connectivity index (χ1n) is 4.07. The number of hydrogen-bond acceptors (Lipinski definition) is 4. The molecule has 2 aromatic heterocycles. The zero-order valence-corrected chi connectivity index (χ0v) is 8.09. The molecule has 0 aliphatic rings. The number of nitrogens with zero attached hydrogens (tertiary/aromatic N) is 2. The molecule has 2 N–H and O–H groups in total. The summed E-state index contributed by atoms with van der Waals surface area (Å²) in [5, 5.41) is 0.573. The minimum Gasteiger partial charge on any atom is -0.326 e. The van der Waals surface area contributed by atoms with Crippen molar-refractivity contribution in [2.45, 2.75) is 6.54 Å². The molecule has 14 heavy (non-hydrogen) atoms. The molecule has 0 saturated carbocycles. The quantitative estimate of drug-likeness (QED) is 0.820. The lowest BCUT2D eigenvalue weighted by molar-refractivity contribution is 0.625. The Labute approximate surface area is 84.4 Å². The van der Waals surface area contributed by atoms with Crippen LogP contribution in [0.25, 0.3) is 10.7 Å². The van der Waals surface area contributed by atoms with Crippen LogP contribution in [0.5, 0.6) is 0 Å². The highest BCUT2D eigenvalue weighted by atomic mass is 32.1. The monoisotopic (exact) mass is 209 g/mol. The summed E-state index contributed by atoms with van der Waals surface area (Å²) in [6, 6.07) is 2.92. The van der Waals surface area contributed by atoms with E-state index >= 15 is 0 Å². The van der Waals surface area contributed by atoms with Crippen molar-refractivity contribution in [1.82, 2.24) is 9.97 Å². The first kappa shape index (κ1) is 9.23. The predicted molar refractivity (Wildman–Crippen MR) is 53.2 cm³/mol. The van der Waals surface area contributed by atoms with Crippen molar-refractivity contribution in [3.8, 4) is 10.7 Å². The van der Waals surface area contributed by atoms with E-state index in [1.807, 2.05) is 0 Å². The van der Waals surface area contributed by atoms with Crippen molar-refractivity contribution < 1.29 is 4.39 Å². The van der Waals surface area contributed by atoms with Gasteiger partial charge in [-0.3, -0.25) is 4.98 Å². The van der Waals surface area contributed by atoms with Crippen LogP contribution in [-0.4, -0.2) is 9.97 Å². The summed E-state index contributed by atoms with van der Waals surface area (Å²) in [5.41, 5.74) is 5.72. The van der Waals surface area contributed by atoms with E-state index in [2.05, 4.69) is 9.97 Å².